The van der Waals surface area contributed by atoms with Crippen LogP contribution in [0.15, 0.2) is 65.1 Å². The highest BCUT2D eigenvalue weighted by Gasteiger charge is 2.15. The molecule has 0 N–H and O–H groups in total. The van der Waals surface area contributed by atoms with Crippen LogP contribution in [0.4, 0.5) is 0 Å². The second-order valence-electron chi connectivity index (χ2n) is 5.92. The molecule has 4 rings (SSSR count). The number of rotatable bonds is 3. The monoisotopic (exact) mass is 302 g/mol. The van der Waals surface area contributed by atoms with Gasteiger partial charge in [0.1, 0.15) is 11.5 Å². The molecule has 0 atom stereocenters. The number of hydrogen-bond donors (Lipinski definition) is 0. The molecule has 4 aromatic rings. The molecule has 0 saturated carbocycles. The van der Waals surface area contributed by atoms with E-state index >= 15 is 0 Å². The number of benzene rings is 2. The van der Waals surface area contributed by atoms with Gasteiger partial charge in [0, 0.05) is 5.39 Å². The molecule has 0 spiro atoms. The highest BCUT2D eigenvalue weighted by Crippen LogP contribution is 2.30. The summed E-state index contributed by atoms with van der Waals surface area (Å²) in [7, 11) is 0. The predicted octanol–water partition coefficient (Wildman–Crippen LogP) is 4.96. The summed E-state index contributed by atoms with van der Waals surface area (Å²) in [4.78, 5) is 0. The molecule has 0 aliphatic carbocycles. The van der Waals surface area contributed by atoms with Crippen molar-refractivity contribution in [3.8, 4) is 11.5 Å². The van der Waals surface area contributed by atoms with Crippen molar-refractivity contribution in [1.82, 2.24) is 9.78 Å². The first-order valence-electron chi connectivity index (χ1n) is 7.78. The number of nitrogens with zero attached hydrogens (tertiary/aromatic N) is 2. The van der Waals surface area contributed by atoms with Gasteiger partial charge in [-0.2, -0.15) is 5.10 Å². The van der Waals surface area contributed by atoms with Crippen molar-refractivity contribution < 1.29 is 4.42 Å². The number of fused-ring (bicyclic) bond motifs is 1. The van der Waals surface area contributed by atoms with Crippen LogP contribution >= 0.6 is 0 Å². The fourth-order valence-corrected chi connectivity index (χ4v) is 2.90. The molecule has 2 heterocycles. The van der Waals surface area contributed by atoms with Crippen LogP contribution in [0.1, 0.15) is 16.9 Å². The molecular formula is C20H18N2O. The first kappa shape index (κ1) is 13.8. The highest BCUT2D eigenvalue weighted by atomic mass is 16.3. The van der Waals surface area contributed by atoms with Gasteiger partial charge in [0.2, 0.25) is 0 Å². The standard InChI is InChI=1S/C20H18N2O/c1-14-8-10-17-18(12-14)22(13-16-6-4-3-5-7-16)21-20(17)19-11-9-15(2)23-19/h3-12H,13H2,1-2H3. The van der Waals surface area contributed by atoms with E-state index in [0.717, 1.165) is 34.7 Å². The summed E-state index contributed by atoms with van der Waals surface area (Å²) < 4.78 is 7.86. The summed E-state index contributed by atoms with van der Waals surface area (Å²) in [6.07, 6.45) is 0. The van der Waals surface area contributed by atoms with Gasteiger partial charge in [0.15, 0.2) is 5.76 Å². The minimum absolute atomic E-state index is 0.750. The highest BCUT2D eigenvalue weighted by molar-refractivity contribution is 5.92. The van der Waals surface area contributed by atoms with Gasteiger partial charge in [-0.3, -0.25) is 4.68 Å². The summed E-state index contributed by atoms with van der Waals surface area (Å²) in [5.74, 6) is 1.72. The maximum atomic E-state index is 5.80. The van der Waals surface area contributed by atoms with Gasteiger partial charge in [0.25, 0.3) is 0 Å². The van der Waals surface area contributed by atoms with Crippen molar-refractivity contribution >= 4 is 10.9 Å². The summed E-state index contributed by atoms with van der Waals surface area (Å²) in [6.45, 7) is 4.81. The Kier molecular flexibility index (Phi) is 3.27. The topological polar surface area (TPSA) is 31.0 Å². The van der Waals surface area contributed by atoms with Gasteiger partial charge in [-0.05, 0) is 43.2 Å². The van der Waals surface area contributed by atoms with Gasteiger partial charge < -0.3 is 4.42 Å². The van der Waals surface area contributed by atoms with Crippen LogP contribution in [-0.2, 0) is 6.54 Å². The Labute approximate surface area is 135 Å². The summed E-state index contributed by atoms with van der Waals surface area (Å²) in [6, 6.07) is 20.8. The number of aromatic nitrogens is 2. The SMILES string of the molecule is Cc1ccc2c(-c3ccc(C)o3)nn(Cc3ccccc3)c2c1. The zero-order chi connectivity index (χ0) is 15.8. The molecule has 0 radical (unpaired) electrons. The fourth-order valence-electron chi connectivity index (χ4n) is 2.90. The third-order valence-corrected chi connectivity index (χ3v) is 4.06. The lowest BCUT2D eigenvalue weighted by atomic mass is 10.1. The van der Waals surface area contributed by atoms with E-state index in [-0.39, 0.29) is 0 Å². The van der Waals surface area contributed by atoms with Gasteiger partial charge in [0.05, 0.1) is 12.1 Å². The molecular weight excluding hydrogens is 284 g/mol. The lowest BCUT2D eigenvalue weighted by Gasteiger charge is -2.04. The van der Waals surface area contributed by atoms with Crippen LogP contribution in [0.5, 0.6) is 0 Å². The number of hydrogen-bond acceptors (Lipinski definition) is 2. The first-order valence-corrected chi connectivity index (χ1v) is 7.78. The molecule has 114 valence electrons. The smallest absolute Gasteiger partial charge is 0.155 e. The first-order chi connectivity index (χ1) is 11.2. The van der Waals surface area contributed by atoms with Crippen LogP contribution in [-0.4, -0.2) is 9.78 Å². The Morgan fingerprint density at radius 2 is 1.78 bits per heavy atom. The van der Waals surface area contributed by atoms with Crippen LogP contribution in [0.2, 0.25) is 0 Å². The van der Waals surface area contributed by atoms with Crippen molar-refractivity contribution in [2.45, 2.75) is 20.4 Å². The van der Waals surface area contributed by atoms with Crippen molar-refractivity contribution in [3.63, 3.8) is 0 Å². The van der Waals surface area contributed by atoms with Crippen molar-refractivity contribution in [3.05, 3.63) is 77.6 Å². The van der Waals surface area contributed by atoms with E-state index in [2.05, 4.69) is 54.1 Å². The molecule has 2 aromatic heterocycles. The predicted molar refractivity (Wildman–Crippen MR) is 92.5 cm³/mol. The molecule has 0 bridgehead atoms. The minimum atomic E-state index is 0.750. The number of furan rings is 1. The van der Waals surface area contributed by atoms with E-state index < -0.39 is 0 Å². The molecule has 0 aliphatic heterocycles. The quantitative estimate of drug-likeness (QED) is 0.535. The molecule has 3 nitrogen and oxygen atoms in total. The van der Waals surface area contributed by atoms with Crippen LogP contribution < -0.4 is 0 Å². The Balaban J connectivity index is 1.88. The molecule has 0 saturated heterocycles. The zero-order valence-electron chi connectivity index (χ0n) is 13.3. The van der Waals surface area contributed by atoms with E-state index in [0.29, 0.717) is 0 Å². The third kappa shape index (κ3) is 2.55. The van der Waals surface area contributed by atoms with E-state index in [1.165, 1.54) is 11.1 Å². The average Bonchev–Trinajstić information content (AvgIpc) is 3.12. The average molecular weight is 302 g/mol. The van der Waals surface area contributed by atoms with Gasteiger partial charge in [-0.1, -0.05) is 42.5 Å². The molecule has 2 aromatic carbocycles. The van der Waals surface area contributed by atoms with E-state index in [1.54, 1.807) is 0 Å². The minimum Gasteiger partial charge on any atom is -0.460 e. The van der Waals surface area contributed by atoms with Crippen LogP contribution in [0.3, 0.4) is 0 Å². The van der Waals surface area contributed by atoms with Crippen LogP contribution in [0, 0.1) is 13.8 Å². The van der Waals surface area contributed by atoms with Gasteiger partial charge in [-0.15, -0.1) is 0 Å². The maximum absolute atomic E-state index is 5.80. The Hall–Kier alpha value is -2.81. The van der Waals surface area contributed by atoms with E-state index in [4.69, 9.17) is 9.52 Å². The second-order valence-corrected chi connectivity index (χ2v) is 5.92. The lowest BCUT2D eigenvalue weighted by molar-refractivity contribution is 0.544. The second kappa shape index (κ2) is 5.43. The lowest BCUT2D eigenvalue weighted by Crippen LogP contribution is -2.01. The largest absolute Gasteiger partial charge is 0.460 e. The van der Waals surface area contributed by atoms with Crippen molar-refractivity contribution in [2.75, 3.05) is 0 Å². The molecule has 23 heavy (non-hydrogen) atoms. The molecule has 0 aliphatic rings. The van der Waals surface area contributed by atoms with E-state index in [9.17, 15) is 0 Å². The summed E-state index contributed by atoms with van der Waals surface area (Å²) in [5.41, 5.74) is 4.51. The summed E-state index contributed by atoms with van der Waals surface area (Å²) >= 11 is 0. The molecule has 0 fully saturated rings. The Morgan fingerprint density at radius 1 is 0.957 bits per heavy atom. The molecule has 0 unspecified atom stereocenters. The summed E-state index contributed by atoms with van der Waals surface area (Å²) in [5, 5.41) is 5.96. The van der Waals surface area contributed by atoms with E-state index in [1.807, 2.05) is 25.1 Å². The van der Waals surface area contributed by atoms with Crippen LogP contribution in [0.25, 0.3) is 22.4 Å². The normalized spacial score (nSPS) is 11.2. The number of aryl methyl sites for hydroxylation is 2. The van der Waals surface area contributed by atoms with Crippen molar-refractivity contribution in [1.29, 1.82) is 0 Å². The van der Waals surface area contributed by atoms with Gasteiger partial charge in [-0.25, -0.2) is 0 Å². The zero-order valence-corrected chi connectivity index (χ0v) is 13.3. The Morgan fingerprint density at radius 3 is 2.52 bits per heavy atom. The molecule has 3 heteroatoms. The Bertz CT molecular complexity index is 964. The third-order valence-electron chi connectivity index (χ3n) is 4.06. The van der Waals surface area contributed by atoms with Crippen molar-refractivity contribution in [2.24, 2.45) is 0 Å². The fraction of sp³-hybridized carbons (Fsp3) is 0.150. The van der Waals surface area contributed by atoms with Gasteiger partial charge >= 0.3 is 0 Å². The molecule has 0 amide bonds. The maximum Gasteiger partial charge on any atom is 0.155 e.